The molecule has 0 amide bonds. The van der Waals surface area contributed by atoms with E-state index >= 15 is 0 Å². The monoisotopic (exact) mass is 229 g/mol. The van der Waals surface area contributed by atoms with Crippen LogP contribution in [0.3, 0.4) is 0 Å². The summed E-state index contributed by atoms with van der Waals surface area (Å²) in [6.45, 7) is 0.825. The third kappa shape index (κ3) is 2.49. The third-order valence-corrected chi connectivity index (χ3v) is 3.64. The van der Waals surface area contributed by atoms with Gasteiger partial charge in [-0.3, -0.25) is 0 Å². The first-order valence-electron chi connectivity index (χ1n) is 5.04. The molecule has 15 heavy (non-hydrogen) atoms. The predicted octanol–water partition coefficient (Wildman–Crippen LogP) is 2.73. The molecule has 82 valence electrons. The molecule has 0 radical (unpaired) electrons. The maximum Gasteiger partial charge on any atom is 0.130 e. The predicted molar refractivity (Wildman–Crippen MR) is 59.0 cm³/mol. The quantitative estimate of drug-likeness (QED) is 0.794. The lowest BCUT2D eigenvalue weighted by atomic mass is 10.1. The van der Waals surface area contributed by atoms with Crippen LogP contribution in [0.25, 0.3) is 0 Å². The van der Waals surface area contributed by atoms with Gasteiger partial charge in [0.2, 0.25) is 0 Å². The molecule has 1 heterocycles. The van der Waals surface area contributed by atoms with Crippen molar-refractivity contribution >= 4 is 11.8 Å². The molecular weight excluding hydrogens is 216 g/mol. The van der Waals surface area contributed by atoms with E-state index in [0.717, 1.165) is 24.5 Å². The van der Waals surface area contributed by atoms with E-state index < -0.39 is 11.6 Å². The first-order valence-corrected chi connectivity index (χ1v) is 6.19. The molecule has 1 nitrogen and oxygen atoms in total. The number of halogens is 2. The number of nitrogens with one attached hydrogen (secondary N) is 1. The Hall–Kier alpha value is -0.610. The Morgan fingerprint density at radius 1 is 1.27 bits per heavy atom. The Labute approximate surface area is 92.3 Å². The molecule has 1 unspecified atom stereocenters. The summed E-state index contributed by atoms with van der Waals surface area (Å²) in [5.41, 5.74) is 0.187. The third-order valence-electron chi connectivity index (χ3n) is 2.49. The molecule has 0 spiro atoms. The van der Waals surface area contributed by atoms with Crippen LogP contribution in [0.1, 0.15) is 18.0 Å². The summed E-state index contributed by atoms with van der Waals surface area (Å²) in [6.07, 6.45) is 1.05. The van der Waals surface area contributed by atoms with Gasteiger partial charge in [0, 0.05) is 17.4 Å². The Morgan fingerprint density at radius 2 is 2.00 bits per heavy atom. The largest absolute Gasteiger partial charge is 0.309 e. The van der Waals surface area contributed by atoms with Gasteiger partial charge >= 0.3 is 0 Å². The summed E-state index contributed by atoms with van der Waals surface area (Å²) in [5, 5.41) is 3.18. The topological polar surface area (TPSA) is 12.0 Å². The second kappa shape index (κ2) is 4.94. The highest BCUT2D eigenvalue weighted by Gasteiger charge is 2.20. The van der Waals surface area contributed by atoms with Crippen molar-refractivity contribution in [1.82, 2.24) is 5.32 Å². The van der Waals surface area contributed by atoms with Crippen LogP contribution < -0.4 is 5.32 Å². The second-order valence-electron chi connectivity index (χ2n) is 3.57. The Balaban J connectivity index is 2.26. The van der Waals surface area contributed by atoms with Gasteiger partial charge in [-0.25, -0.2) is 8.78 Å². The Bertz CT molecular complexity index is 315. The number of hydrogen-bond acceptors (Lipinski definition) is 2. The van der Waals surface area contributed by atoms with Crippen molar-refractivity contribution in [1.29, 1.82) is 0 Å². The van der Waals surface area contributed by atoms with E-state index in [0.29, 0.717) is 0 Å². The van der Waals surface area contributed by atoms with Gasteiger partial charge in [0.15, 0.2) is 0 Å². The molecule has 0 aromatic heterocycles. The van der Waals surface area contributed by atoms with Crippen molar-refractivity contribution in [2.75, 3.05) is 18.1 Å². The van der Waals surface area contributed by atoms with Gasteiger partial charge in [-0.15, -0.1) is 0 Å². The zero-order valence-electron chi connectivity index (χ0n) is 8.30. The summed E-state index contributed by atoms with van der Waals surface area (Å²) in [5.74, 6) is 0.891. The smallest absolute Gasteiger partial charge is 0.130 e. The fourth-order valence-corrected chi connectivity index (χ4v) is 2.77. The molecule has 1 saturated heterocycles. The molecule has 4 heteroatoms. The van der Waals surface area contributed by atoms with Crippen molar-refractivity contribution in [2.45, 2.75) is 12.5 Å². The molecule has 0 saturated carbocycles. The van der Waals surface area contributed by atoms with Gasteiger partial charge in [-0.05, 0) is 30.9 Å². The molecule has 1 aromatic carbocycles. The van der Waals surface area contributed by atoms with Gasteiger partial charge < -0.3 is 5.32 Å². The van der Waals surface area contributed by atoms with Crippen molar-refractivity contribution in [3.63, 3.8) is 0 Å². The lowest BCUT2D eigenvalue weighted by molar-refractivity contribution is 0.496. The summed E-state index contributed by atoms with van der Waals surface area (Å²) >= 11 is 1.74. The first-order chi connectivity index (χ1) is 7.29. The lowest BCUT2D eigenvalue weighted by Crippen LogP contribution is -2.24. The average molecular weight is 229 g/mol. The highest BCUT2D eigenvalue weighted by atomic mass is 32.2. The van der Waals surface area contributed by atoms with Crippen molar-refractivity contribution < 1.29 is 8.78 Å². The number of thioether (sulfide) groups is 1. The first kappa shape index (κ1) is 10.9. The minimum absolute atomic E-state index is 0.187. The molecule has 0 bridgehead atoms. The van der Waals surface area contributed by atoms with Gasteiger partial charge in [0.25, 0.3) is 0 Å². The van der Waals surface area contributed by atoms with Crippen molar-refractivity contribution in [3.05, 3.63) is 35.4 Å². The van der Waals surface area contributed by atoms with E-state index in [1.165, 1.54) is 18.2 Å². The molecule has 1 atom stereocenters. The molecule has 1 aromatic rings. The van der Waals surface area contributed by atoms with E-state index in [2.05, 4.69) is 5.32 Å². The SMILES string of the molecule is Fc1cccc(F)c1C1CSCCCN1. The zero-order valence-corrected chi connectivity index (χ0v) is 9.12. The lowest BCUT2D eigenvalue weighted by Gasteiger charge is -2.17. The van der Waals surface area contributed by atoms with Crippen LogP contribution in [0.4, 0.5) is 8.78 Å². The summed E-state index contributed by atoms with van der Waals surface area (Å²) in [6, 6.07) is 3.84. The highest BCUT2D eigenvalue weighted by Crippen LogP contribution is 2.25. The van der Waals surface area contributed by atoms with E-state index in [1.807, 2.05) is 0 Å². The molecule has 1 fully saturated rings. The highest BCUT2D eigenvalue weighted by molar-refractivity contribution is 7.99. The average Bonchev–Trinajstić information content (AvgIpc) is 2.46. The van der Waals surface area contributed by atoms with Crippen LogP contribution in [-0.4, -0.2) is 18.1 Å². The van der Waals surface area contributed by atoms with Crippen LogP contribution >= 0.6 is 11.8 Å². The maximum atomic E-state index is 13.5. The van der Waals surface area contributed by atoms with E-state index in [4.69, 9.17) is 0 Å². The Morgan fingerprint density at radius 3 is 2.73 bits per heavy atom. The van der Waals surface area contributed by atoms with Crippen LogP contribution in [0.2, 0.25) is 0 Å². The van der Waals surface area contributed by atoms with E-state index in [9.17, 15) is 8.78 Å². The van der Waals surface area contributed by atoms with Crippen LogP contribution in [-0.2, 0) is 0 Å². The fraction of sp³-hybridized carbons (Fsp3) is 0.455. The summed E-state index contributed by atoms with van der Waals surface area (Å²) in [4.78, 5) is 0. The van der Waals surface area contributed by atoms with E-state index in [1.54, 1.807) is 11.8 Å². The minimum atomic E-state index is -0.449. The van der Waals surface area contributed by atoms with Gasteiger partial charge in [-0.1, -0.05) is 6.07 Å². The Kier molecular flexibility index (Phi) is 3.59. The normalized spacial score (nSPS) is 22.4. The van der Waals surface area contributed by atoms with Crippen LogP contribution in [0.5, 0.6) is 0 Å². The molecular formula is C11H13F2NS. The molecule has 1 aliphatic heterocycles. The standard InChI is InChI=1S/C11H13F2NS/c12-8-3-1-4-9(13)11(8)10-7-15-6-2-5-14-10/h1,3-4,10,14H,2,5-7H2. The number of hydrogen-bond donors (Lipinski definition) is 1. The second-order valence-corrected chi connectivity index (χ2v) is 4.72. The van der Waals surface area contributed by atoms with Crippen molar-refractivity contribution in [2.24, 2.45) is 0 Å². The number of rotatable bonds is 1. The maximum absolute atomic E-state index is 13.5. The van der Waals surface area contributed by atoms with Gasteiger partial charge in [-0.2, -0.15) is 11.8 Å². The van der Waals surface area contributed by atoms with Crippen LogP contribution in [0.15, 0.2) is 18.2 Å². The summed E-state index contributed by atoms with van der Waals surface area (Å²) in [7, 11) is 0. The van der Waals surface area contributed by atoms with E-state index in [-0.39, 0.29) is 11.6 Å². The molecule has 1 N–H and O–H groups in total. The fourth-order valence-electron chi connectivity index (χ4n) is 1.74. The minimum Gasteiger partial charge on any atom is -0.309 e. The molecule has 1 aliphatic rings. The zero-order chi connectivity index (χ0) is 10.7. The summed E-state index contributed by atoms with van der Waals surface area (Å²) < 4.78 is 27.0. The molecule has 0 aliphatic carbocycles. The van der Waals surface area contributed by atoms with Gasteiger partial charge in [0.1, 0.15) is 11.6 Å². The molecule has 2 rings (SSSR count). The van der Waals surface area contributed by atoms with Crippen LogP contribution in [0, 0.1) is 11.6 Å². The van der Waals surface area contributed by atoms with Crippen molar-refractivity contribution in [3.8, 4) is 0 Å². The van der Waals surface area contributed by atoms with Gasteiger partial charge in [0.05, 0.1) is 0 Å². The number of benzene rings is 1.